The van der Waals surface area contributed by atoms with E-state index in [4.69, 9.17) is 14.7 Å². The van der Waals surface area contributed by atoms with Crippen molar-refractivity contribution in [3.05, 3.63) is 259 Å². The van der Waals surface area contributed by atoms with Gasteiger partial charge in [-0.15, -0.1) is 0 Å². The Kier molecular flexibility index (Phi) is 8.04. The van der Waals surface area contributed by atoms with Gasteiger partial charge in [-0.25, -0.2) is 0 Å². The van der Waals surface area contributed by atoms with E-state index in [9.17, 15) is 5.26 Å². The molecule has 14 aromatic rings. The first-order valence-corrected chi connectivity index (χ1v) is 24.6. The highest BCUT2D eigenvalue weighted by atomic mass is 16.5. The zero-order chi connectivity index (χ0) is 47.9. The molecule has 0 saturated carbocycles. The normalized spacial score (nSPS) is 13.1. The van der Waals surface area contributed by atoms with E-state index >= 15 is 0 Å². The van der Waals surface area contributed by atoms with Gasteiger partial charge in [-0.3, -0.25) is 9.97 Å². The Morgan fingerprint density at radius 1 is 0.370 bits per heavy atom. The van der Waals surface area contributed by atoms with Crippen molar-refractivity contribution in [1.82, 2.24) is 23.7 Å². The van der Waals surface area contributed by atoms with Gasteiger partial charge in [0.1, 0.15) is 11.5 Å². The van der Waals surface area contributed by atoms with Crippen LogP contribution in [0.3, 0.4) is 0 Å². The maximum absolute atomic E-state index is 10.3. The Bertz CT molecular complexity index is 4600. The van der Waals surface area contributed by atoms with E-state index in [1.54, 1.807) is 0 Å². The molecule has 0 unspecified atom stereocenters. The van der Waals surface area contributed by atoms with Crippen LogP contribution in [0.2, 0.25) is 0 Å². The van der Waals surface area contributed by atoms with Crippen LogP contribution in [0.1, 0.15) is 27.8 Å². The molecule has 0 saturated heterocycles. The lowest BCUT2D eigenvalue weighted by Gasteiger charge is -2.39. The van der Waals surface area contributed by atoms with Gasteiger partial charge in [0.05, 0.1) is 72.9 Å². The highest BCUT2D eigenvalue weighted by Gasteiger charge is 2.52. The van der Waals surface area contributed by atoms with E-state index in [0.29, 0.717) is 5.56 Å². The Hall–Kier alpha value is -10.0. The van der Waals surface area contributed by atoms with Crippen LogP contribution in [-0.2, 0) is 5.41 Å². The molecule has 5 aromatic heterocycles. The zero-order valence-electron chi connectivity index (χ0n) is 39.0. The summed E-state index contributed by atoms with van der Waals surface area (Å²) in [6, 6.07) is 80.2. The summed E-state index contributed by atoms with van der Waals surface area (Å²) in [5.41, 5.74) is 17.6. The first kappa shape index (κ1) is 39.8. The second-order valence-corrected chi connectivity index (χ2v) is 19.2. The largest absolute Gasteiger partial charge is 0.457 e. The van der Waals surface area contributed by atoms with Crippen molar-refractivity contribution >= 4 is 65.4 Å². The minimum absolute atomic E-state index is 0.611. The van der Waals surface area contributed by atoms with Gasteiger partial charge in [0.2, 0.25) is 0 Å². The Labute approximate surface area is 418 Å². The van der Waals surface area contributed by atoms with E-state index in [1.807, 2.05) is 36.7 Å². The second-order valence-electron chi connectivity index (χ2n) is 19.2. The lowest BCUT2D eigenvalue weighted by molar-refractivity contribution is 0.436. The molecule has 2 aliphatic rings. The molecule has 0 atom stereocenters. The van der Waals surface area contributed by atoms with E-state index < -0.39 is 5.41 Å². The number of aromatic nitrogens is 5. The van der Waals surface area contributed by atoms with Crippen LogP contribution in [0.25, 0.3) is 105 Å². The second kappa shape index (κ2) is 14.8. The monoisotopic (exact) mass is 930 g/mol. The summed E-state index contributed by atoms with van der Waals surface area (Å²) < 4.78 is 14.2. The molecule has 7 heteroatoms. The number of rotatable bonds is 4. The van der Waals surface area contributed by atoms with Crippen LogP contribution in [0.5, 0.6) is 11.5 Å². The lowest BCUT2D eigenvalue weighted by atomic mass is 9.66. The summed E-state index contributed by atoms with van der Waals surface area (Å²) in [7, 11) is 0. The molecule has 9 aromatic carbocycles. The zero-order valence-corrected chi connectivity index (χ0v) is 39.0. The van der Waals surface area contributed by atoms with Crippen LogP contribution >= 0.6 is 0 Å². The van der Waals surface area contributed by atoms with E-state index in [0.717, 1.165) is 117 Å². The van der Waals surface area contributed by atoms with Gasteiger partial charge in [-0.05, 0) is 131 Å². The van der Waals surface area contributed by atoms with E-state index in [1.165, 1.54) is 21.5 Å². The highest BCUT2D eigenvalue weighted by molar-refractivity contribution is 6.13. The van der Waals surface area contributed by atoms with Crippen molar-refractivity contribution in [3.63, 3.8) is 0 Å². The van der Waals surface area contributed by atoms with Gasteiger partial charge in [0.15, 0.2) is 0 Å². The molecule has 0 radical (unpaired) electrons. The molecule has 73 heavy (non-hydrogen) atoms. The summed E-state index contributed by atoms with van der Waals surface area (Å²) in [5.74, 6) is 1.57. The van der Waals surface area contributed by atoms with Gasteiger partial charge in [-0.1, -0.05) is 109 Å². The molecule has 338 valence electrons. The fraction of sp³-hybridized carbons (Fsp3) is 0.0152. The topological polar surface area (TPSA) is 73.6 Å². The Morgan fingerprint density at radius 3 is 1.40 bits per heavy atom. The summed E-state index contributed by atoms with van der Waals surface area (Å²) in [5, 5.41) is 17.2. The molecule has 1 aliphatic carbocycles. The molecular weight excluding hydrogens is 893 g/mol. The van der Waals surface area contributed by atoms with Crippen LogP contribution in [0.15, 0.2) is 231 Å². The quantitative estimate of drug-likeness (QED) is 0.176. The van der Waals surface area contributed by atoms with Crippen molar-refractivity contribution in [3.8, 4) is 57.1 Å². The van der Waals surface area contributed by atoms with Gasteiger partial charge in [0, 0.05) is 61.5 Å². The Morgan fingerprint density at radius 2 is 0.822 bits per heavy atom. The predicted molar refractivity (Wildman–Crippen MR) is 293 cm³/mol. The number of hydrogen-bond donors (Lipinski definition) is 0. The predicted octanol–water partition coefficient (Wildman–Crippen LogP) is 15.8. The molecule has 16 rings (SSSR count). The van der Waals surface area contributed by atoms with Crippen LogP contribution in [0.4, 0.5) is 0 Å². The summed E-state index contributed by atoms with van der Waals surface area (Å²) in [6.45, 7) is 0. The fourth-order valence-corrected chi connectivity index (χ4v) is 12.7. The maximum atomic E-state index is 10.3. The SMILES string of the molecule is N#Cc1ccc2c(c1)c1cc(-c3ccc4c(c3)C3(c5cc(-n6c7ccccc7c7ccccc76)ccc5O4)c4cccnc4-c4ncccc43)ccc1n2-c1ccccc1-n1c2ccccc2c2ccccc21. The molecule has 7 nitrogen and oxygen atoms in total. The molecule has 0 N–H and O–H groups in total. The van der Waals surface area contributed by atoms with Crippen molar-refractivity contribution in [2.45, 2.75) is 5.41 Å². The van der Waals surface area contributed by atoms with Crippen LogP contribution in [0, 0.1) is 11.3 Å². The van der Waals surface area contributed by atoms with Gasteiger partial charge in [0.25, 0.3) is 0 Å². The number of nitriles is 1. The Balaban J connectivity index is 0.924. The van der Waals surface area contributed by atoms with E-state index in [2.05, 4.69) is 214 Å². The van der Waals surface area contributed by atoms with Crippen LogP contribution in [-0.4, -0.2) is 23.7 Å². The number of nitrogens with zero attached hydrogens (tertiary/aromatic N) is 6. The smallest absolute Gasteiger partial charge is 0.132 e. The minimum atomic E-state index is -0.820. The standard InChI is InChI=1S/C66H38N6O/c67-39-40-25-29-58-48(35-40)49-36-41(26-30-59(49)72(58)61-24-10-9-23-60(61)71-56-21-7-3-15-46(56)47-16-4-8-22-57(47)71)42-27-31-62-52(37-42)66(50-17-11-33-68-64(50)65-51(66)18-12-34-69-65)53-38-43(28-32-63(53)73-62)70-54-19-5-1-13-44(54)45-14-2-6-20-55(45)70/h1-38H. The average Bonchev–Trinajstić information content (AvgIpc) is 4.17. The third-order valence-corrected chi connectivity index (χ3v) is 15.6. The average molecular weight is 931 g/mol. The summed E-state index contributed by atoms with van der Waals surface area (Å²) in [6.07, 6.45) is 3.74. The number of benzene rings is 9. The van der Waals surface area contributed by atoms with Crippen molar-refractivity contribution in [2.24, 2.45) is 0 Å². The first-order chi connectivity index (χ1) is 36.2. The molecule has 0 bridgehead atoms. The van der Waals surface area contributed by atoms with E-state index in [-0.39, 0.29) is 0 Å². The number of fused-ring (bicyclic) bond motifs is 18. The third-order valence-electron chi connectivity index (χ3n) is 15.6. The molecule has 6 heterocycles. The molecule has 0 amide bonds. The number of hydrogen-bond acceptors (Lipinski definition) is 4. The van der Waals surface area contributed by atoms with Gasteiger partial charge < -0.3 is 18.4 Å². The van der Waals surface area contributed by atoms with Crippen molar-refractivity contribution in [2.75, 3.05) is 0 Å². The first-order valence-electron chi connectivity index (χ1n) is 24.6. The molecular formula is C66H38N6O. The van der Waals surface area contributed by atoms with Gasteiger partial charge in [-0.2, -0.15) is 5.26 Å². The van der Waals surface area contributed by atoms with Crippen molar-refractivity contribution < 1.29 is 4.74 Å². The number of ether oxygens (including phenoxy) is 1. The van der Waals surface area contributed by atoms with Gasteiger partial charge >= 0.3 is 0 Å². The molecule has 0 fully saturated rings. The highest BCUT2D eigenvalue weighted by Crippen LogP contribution is 2.62. The third kappa shape index (κ3) is 5.30. The maximum Gasteiger partial charge on any atom is 0.132 e. The number of para-hydroxylation sites is 6. The summed E-state index contributed by atoms with van der Waals surface area (Å²) in [4.78, 5) is 10.1. The number of pyridine rings is 2. The molecule has 1 spiro atoms. The lowest BCUT2D eigenvalue weighted by Crippen LogP contribution is -2.32. The summed E-state index contributed by atoms with van der Waals surface area (Å²) >= 11 is 0. The fourth-order valence-electron chi connectivity index (χ4n) is 12.7. The van der Waals surface area contributed by atoms with Crippen molar-refractivity contribution in [1.29, 1.82) is 5.26 Å². The minimum Gasteiger partial charge on any atom is -0.457 e. The van der Waals surface area contributed by atoms with Crippen LogP contribution < -0.4 is 4.74 Å². The molecule has 1 aliphatic heterocycles.